The van der Waals surface area contributed by atoms with Crippen molar-refractivity contribution in [3.05, 3.63) is 60.2 Å². The lowest BCUT2D eigenvalue weighted by Gasteiger charge is -2.10. The number of halogens is 1. The molecular formula is C17H12FN5O2. The van der Waals surface area contributed by atoms with Crippen LogP contribution >= 0.6 is 0 Å². The molecule has 0 radical (unpaired) electrons. The van der Waals surface area contributed by atoms with Crippen molar-refractivity contribution >= 4 is 28.4 Å². The summed E-state index contributed by atoms with van der Waals surface area (Å²) in [6.07, 6.45) is 2.67. The molecule has 4 aromatic rings. The van der Waals surface area contributed by atoms with E-state index in [0.717, 1.165) is 0 Å². The molecule has 7 nitrogen and oxygen atoms in total. The Balaban J connectivity index is 1.76. The Labute approximate surface area is 141 Å². The molecule has 0 fully saturated rings. The Bertz CT molecular complexity index is 1110. The van der Waals surface area contributed by atoms with Crippen LogP contribution in [0.2, 0.25) is 0 Å². The summed E-state index contributed by atoms with van der Waals surface area (Å²) in [6.45, 7) is 0. The highest BCUT2D eigenvalue weighted by atomic mass is 19.1. The Morgan fingerprint density at radius 3 is 2.92 bits per heavy atom. The lowest BCUT2D eigenvalue weighted by molar-refractivity contribution is 0.102. The van der Waals surface area contributed by atoms with Crippen molar-refractivity contribution < 1.29 is 13.9 Å². The van der Waals surface area contributed by atoms with Crippen LogP contribution in [-0.2, 0) is 0 Å². The highest BCUT2D eigenvalue weighted by molar-refractivity contribution is 6.13. The molecule has 0 bridgehead atoms. The zero-order valence-corrected chi connectivity index (χ0v) is 13.1. The van der Waals surface area contributed by atoms with Gasteiger partial charge in [-0.2, -0.15) is 4.98 Å². The average molecular weight is 337 g/mol. The van der Waals surface area contributed by atoms with Crippen LogP contribution in [0.5, 0.6) is 5.75 Å². The van der Waals surface area contributed by atoms with E-state index in [1.165, 1.54) is 36.2 Å². The average Bonchev–Trinajstić information content (AvgIpc) is 3.01. The number of hydrogen-bond donors (Lipinski definition) is 1. The van der Waals surface area contributed by atoms with Gasteiger partial charge in [0.15, 0.2) is 11.4 Å². The summed E-state index contributed by atoms with van der Waals surface area (Å²) in [4.78, 5) is 21.2. The second-order valence-corrected chi connectivity index (χ2v) is 5.26. The number of nitrogens with one attached hydrogen (secondary N) is 1. The number of fused-ring (bicyclic) bond motifs is 2. The number of amides is 1. The fourth-order valence-corrected chi connectivity index (χ4v) is 2.59. The molecule has 3 aromatic heterocycles. The predicted octanol–water partition coefficient (Wildman–Crippen LogP) is 2.68. The highest BCUT2D eigenvalue weighted by Crippen LogP contribution is 2.26. The second-order valence-electron chi connectivity index (χ2n) is 5.26. The highest BCUT2D eigenvalue weighted by Gasteiger charge is 2.19. The van der Waals surface area contributed by atoms with E-state index in [2.05, 4.69) is 20.4 Å². The first-order valence-corrected chi connectivity index (χ1v) is 7.41. The summed E-state index contributed by atoms with van der Waals surface area (Å²) < 4.78 is 19.8. The summed E-state index contributed by atoms with van der Waals surface area (Å²) in [5, 5.41) is 7.32. The van der Waals surface area contributed by atoms with Gasteiger partial charge in [-0.1, -0.05) is 18.2 Å². The molecule has 4 rings (SSSR count). The molecule has 0 aliphatic heterocycles. The van der Waals surface area contributed by atoms with Gasteiger partial charge in [0.2, 0.25) is 5.95 Å². The van der Waals surface area contributed by atoms with Gasteiger partial charge in [-0.3, -0.25) is 15.1 Å². The van der Waals surface area contributed by atoms with E-state index in [4.69, 9.17) is 4.74 Å². The van der Waals surface area contributed by atoms with Gasteiger partial charge in [0.25, 0.3) is 5.91 Å². The molecule has 1 aromatic carbocycles. The molecule has 3 heterocycles. The van der Waals surface area contributed by atoms with E-state index in [9.17, 15) is 9.18 Å². The summed E-state index contributed by atoms with van der Waals surface area (Å²) >= 11 is 0. The molecule has 124 valence electrons. The SMILES string of the molecule is COc1cnc2ccccc2c1C(=O)Nc1nc2ccc(F)cn2n1. The maximum Gasteiger partial charge on any atom is 0.262 e. The Hall–Kier alpha value is -3.55. The summed E-state index contributed by atoms with van der Waals surface area (Å²) in [7, 11) is 1.47. The van der Waals surface area contributed by atoms with Crippen molar-refractivity contribution in [2.75, 3.05) is 12.4 Å². The lowest BCUT2D eigenvalue weighted by Crippen LogP contribution is -2.15. The van der Waals surface area contributed by atoms with Crippen LogP contribution in [0.25, 0.3) is 16.6 Å². The van der Waals surface area contributed by atoms with Crippen molar-refractivity contribution in [2.45, 2.75) is 0 Å². The Morgan fingerprint density at radius 2 is 2.08 bits per heavy atom. The number of para-hydroxylation sites is 1. The number of ether oxygens (including phenoxy) is 1. The van der Waals surface area contributed by atoms with Crippen LogP contribution in [0.4, 0.5) is 10.3 Å². The van der Waals surface area contributed by atoms with Crippen LogP contribution in [0.3, 0.4) is 0 Å². The minimum atomic E-state index is -0.447. The number of pyridine rings is 2. The van der Waals surface area contributed by atoms with E-state index in [1.807, 2.05) is 12.1 Å². The van der Waals surface area contributed by atoms with Crippen molar-refractivity contribution in [1.29, 1.82) is 0 Å². The quantitative estimate of drug-likeness (QED) is 0.621. The largest absolute Gasteiger partial charge is 0.494 e. The number of hydrogen-bond acceptors (Lipinski definition) is 5. The minimum absolute atomic E-state index is 0.0681. The van der Waals surface area contributed by atoms with Gasteiger partial charge in [-0.05, 0) is 18.2 Å². The third-order valence-corrected chi connectivity index (χ3v) is 3.71. The molecule has 0 aliphatic carbocycles. The van der Waals surface area contributed by atoms with Gasteiger partial charge >= 0.3 is 0 Å². The van der Waals surface area contributed by atoms with E-state index < -0.39 is 11.7 Å². The van der Waals surface area contributed by atoms with Crippen molar-refractivity contribution in [2.24, 2.45) is 0 Å². The van der Waals surface area contributed by atoms with E-state index >= 15 is 0 Å². The molecule has 0 unspecified atom stereocenters. The van der Waals surface area contributed by atoms with Crippen LogP contribution in [0.15, 0.2) is 48.8 Å². The summed E-state index contributed by atoms with van der Waals surface area (Å²) in [5.74, 6) is -0.478. The number of nitrogens with zero attached hydrogens (tertiary/aromatic N) is 4. The zero-order chi connectivity index (χ0) is 17.4. The van der Waals surface area contributed by atoms with Gasteiger partial charge in [-0.15, -0.1) is 5.10 Å². The number of benzene rings is 1. The minimum Gasteiger partial charge on any atom is -0.494 e. The molecule has 0 spiro atoms. The van der Waals surface area contributed by atoms with Crippen LogP contribution in [0.1, 0.15) is 10.4 Å². The third-order valence-electron chi connectivity index (χ3n) is 3.71. The van der Waals surface area contributed by atoms with E-state index in [-0.39, 0.29) is 5.95 Å². The van der Waals surface area contributed by atoms with Crippen molar-refractivity contribution in [3.8, 4) is 5.75 Å². The fraction of sp³-hybridized carbons (Fsp3) is 0.0588. The third kappa shape index (κ3) is 2.63. The summed E-state index contributed by atoms with van der Waals surface area (Å²) in [5.41, 5.74) is 1.42. The number of methoxy groups -OCH3 is 1. The van der Waals surface area contributed by atoms with Gasteiger partial charge in [0.05, 0.1) is 30.6 Å². The molecule has 0 atom stereocenters. The van der Waals surface area contributed by atoms with Gasteiger partial charge in [0.1, 0.15) is 5.82 Å². The molecule has 1 amide bonds. The Kier molecular flexibility index (Phi) is 3.50. The number of carbonyl (C=O) groups is 1. The molecule has 0 saturated carbocycles. The molecule has 0 aliphatic rings. The normalized spacial score (nSPS) is 11.0. The number of rotatable bonds is 3. The predicted molar refractivity (Wildman–Crippen MR) is 89.2 cm³/mol. The first kappa shape index (κ1) is 15.0. The maximum absolute atomic E-state index is 13.2. The smallest absolute Gasteiger partial charge is 0.262 e. The Morgan fingerprint density at radius 1 is 1.24 bits per heavy atom. The topological polar surface area (TPSA) is 81.4 Å². The number of carbonyl (C=O) groups excluding carboxylic acids is 1. The van der Waals surface area contributed by atoms with Crippen molar-refractivity contribution in [1.82, 2.24) is 19.6 Å². The first-order valence-electron chi connectivity index (χ1n) is 7.41. The van der Waals surface area contributed by atoms with Gasteiger partial charge in [0, 0.05) is 5.39 Å². The van der Waals surface area contributed by atoms with E-state index in [1.54, 1.807) is 12.1 Å². The second kappa shape index (κ2) is 5.82. The maximum atomic E-state index is 13.2. The number of aromatic nitrogens is 4. The summed E-state index contributed by atoms with van der Waals surface area (Å²) in [6, 6.07) is 9.98. The molecular weight excluding hydrogens is 325 g/mol. The van der Waals surface area contributed by atoms with Gasteiger partial charge in [-0.25, -0.2) is 8.91 Å². The van der Waals surface area contributed by atoms with Gasteiger partial charge < -0.3 is 4.74 Å². The van der Waals surface area contributed by atoms with Crippen molar-refractivity contribution in [3.63, 3.8) is 0 Å². The zero-order valence-electron chi connectivity index (χ0n) is 13.1. The fourth-order valence-electron chi connectivity index (χ4n) is 2.59. The molecule has 0 saturated heterocycles. The first-order chi connectivity index (χ1) is 12.2. The van der Waals surface area contributed by atoms with Crippen LogP contribution in [-0.4, -0.2) is 32.6 Å². The van der Waals surface area contributed by atoms with Crippen LogP contribution < -0.4 is 10.1 Å². The number of anilines is 1. The van der Waals surface area contributed by atoms with Crippen LogP contribution in [0, 0.1) is 5.82 Å². The van der Waals surface area contributed by atoms with E-state index in [0.29, 0.717) is 27.9 Å². The molecule has 1 N–H and O–H groups in total. The molecule has 8 heteroatoms. The monoisotopic (exact) mass is 337 g/mol. The lowest BCUT2D eigenvalue weighted by atomic mass is 10.1. The molecule has 25 heavy (non-hydrogen) atoms. The standard InChI is InChI=1S/C17H12FN5O2/c1-25-13-8-19-12-5-3-2-4-11(12)15(13)16(24)21-17-20-14-7-6-10(18)9-23(14)22-17/h2-9H,1H3,(H,21,22,24).